The first-order chi connectivity index (χ1) is 13.2. The maximum absolute atomic E-state index is 12.0. The monoisotopic (exact) mass is 360 g/mol. The highest BCUT2D eigenvalue weighted by atomic mass is 16.5. The Labute approximate surface area is 159 Å². The molecular formula is C23H24N2O2. The van der Waals surface area contributed by atoms with E-state index in [-0.39, 0.29) is 5.97 Å². The summed E-state index contributed by atoms with van der Waals surface area (Å²) < 4.78 is 5.12. The molecule has 0 atom stereocenters. The quantitative estimate of drug-likeness (QED) is 0.615. The third-order valence-corrected chi connectivity index (χ3v) is 5.07. The lowest BCUT2D eigenvalue weighted by atomic mass is 10.0. The molecule has 0 aliphatic carbocycles. The minimum Gasteiger partial charge on any atom is -0.462 e. The van der Waals surface area contributed by atoms with Crippen LogP contribution < -0.4 is 4.90 Å². The maximum atomic E-state index is 12.0. The molecule has 1 aromatic heterocycles. The fourth-order valence-electron chi connectivity index (χ4n) is 3.78. The van der Waals surface area contributed by atoms with Crippen LogP contribution in [0.15, 0.2) is 48.5 Å². The second-order valence-electron chi connectivity index (χ2n) is 7.01. The smallest absolute Gasteiger partial charge is 0.338 e. The van der Waals surface area contributed by atoms with Crippen molar-refractivity contribution in [1.29, 1.82) is 0 Å². The van der Waals surface area contributed by atoms with E-state index < -0.39 is 0 Å². The molecule has 4 nitrogen and oxygen atoms in total. The molecule has 3 aromatic rings. The first-order valence-electron chi connectivity index (χ1n) is 9.59. The van der Waals surface area contributed by atoms with Gasteiger partial charge in [0.2, 0.25) is 0 Å². The number of aryl methyl sites for hydroxylation is 1. The number of carbonyl (C=O) groups is 1. The third kappa shape index (κ3) is 3.52. The topological polar surface area (TPSA) is 42.4 Å². The zero-order valence-corrected chi connectivity index (χ0v) is 15.9. The SMILES string of the molecule is CCOC(=O)c1cccc(-c2ccc3c(N4CCCC4)cc(C)nc3c2)c1. The van der Waals surface area contributed by atoms with Crippen molar-refractivity contribution < 1.29 is 9.53 Å². The van der Waals surface area contributed by atoms with E-state index in [0.717, 1.165) is 35.4 Å². The molecule has 2 heterocycles. The molecule has 0 N–H and O–H groups in total. The minimum absolute atomic E-state index is 0.287. The summed E-state index contributed by atoms with van der Waals surface area (Å²) in [7, 11) is 0. The Bertz CT molecular complexity index is 991. The zero-order valence-electron chi connectivity index (χ0n) is 15.9. The summed E-state index contributed by atoms with van der Waals surface area (Å²) in [6.07, 6.45) is 2.50. The molecule has 1 aliphatic rings. The minimum atomic E-state index is -0.287. The van der Waals surface area contributed by atoms with Crippen molar-refractivity contribution in [3.8, 4) is 11.1 Å². The molecule has 0 unspecified atom stereocenters. The number of esters is 1. The van der Waals surface area contributed by atoms with Crippen LogP contribution in [0.25, 0.3) is 22.0 Å². The van der Waals surface area contributed by atoms with E-state index in [0.29, 0.717) is 12.2 Å². The lowest BCUT2D eigenvalue weighted by Gasteiger charge is -2.20. The van der Waals surface area contributed by atoms with Crippen LogP contribution in [0.2, 0.25) is 0 Å². The molecule has 1 aliphatic heterocycles. The van der Waals surface area contributed by atoms with E-state index in [4.69, 9.17) is 9.72 Å². The predicted molar refractivity (Wildman–Crippen MR) is 109 cm³/mol. The number of rotatable bonds is 4. The van der Waals surface area contributed by atoms with E-state index in [2.05, 4.69) is 29.2 Å². The van der Waals surface area contributed by atoms with Crippen molar-refractivity contribution >= 4 is 22.6 Å². The summed E-state index contributed by atoms with van der Waals surface area (Å²) in [5, 5.41) is 1.19. The van der Waals surface area contributed by atoms with Gasteiger partial charge in [0.1, 0.15) is 0 Å². The number of carbonyl (C=O) groups excluding carboxylic acids is 1. The zero-order chi connectivity index (χ0) is 18.8. The Balaban J connectivity index is 1.76. The number of hydrogen-bond donors (Lipinski definition) is 0. The Morgan fingerprint density at radius 1 is 1.07 bits per heavy atom. The highest BCUT2D eigenvalue weighted by Gasteiger charge is 2.16. The Morgan fingerprint density at radius 2 is 1.85 bits per heavy atom. The van der Waals surface area contributed by atoms with Gasteiger partial charge >= 0.3 is 5.97 Å². The molecule has 0 radical (unpaired) electrons. The summed E-state index contributed by atoms with van der Waals surface area (Å²) in [5.41, 5.74) is 5.93. The van der Waals surface area contributed by atoms with Crippen LogP contribution >= 0.6 is 0 Å². The summed E-state index contributed by atoms with van der Waals surface area (Å²) in [5.74, 6) is -0.287. The number of anilines is 1. The first kappa shape index (κ1) is 17.5. The van der Waals surface area contributed by atoms with Crippen LogP contribution in [-0.4, -0.2) is 30.6 Å². The normalized spacial score (nSPS) is 13.9. The van der Waals surface area contributed by atoms with Crippen LogP contribution in [-0.2, 0) is 4.74 Å². The summed E-state index contributed by atoms with van der Waals surface area (Å²) in [4.78, 5) is 19.3. The van der Waals surface area contributed by atoms with Gasteiger partial charge in [-0.2, -0.15) is 0 Å². The van der Waals surface area contributed by atoms with Crippen molar-refractivity contribution in [1.82, 2.24) is 4.98 Å². The molecule has 0 amide bonds. The lowest BCUT2D eigenvalue weighted by Crippen LogP contribution is -2.18. The number of ether oxygens (including phenoxy) is 1. The van der Waals surface area contributed by atoms with Crippen LogP contribution in [0.1, 0.15) is 35.8 Å². The fourth-order valence-corrected chi connectivity index (χ4v) is 3.78. The van der Waals surface area contributed by atoms with Gasteiger partial charge in [-0.1, -0.05) is 24.3 Å². The number of pyridine rings is 1. The van der Waals surface area contributed by atoms with Crippen LogP contribution in [0.4, 0.5) is 5.69 Å². The average Bonchev–Trinajstić information content (AvgIpc) is 3.22. The molecule has 27 heavy (non-hydrogen) atoms. The predicted octanol–water partition coefficient (Wildman–Crippen LogP) is 4.99. The molecule has 0 spiro atoms. The summed E-state index contributed by atoms with van der Waals surface area (Å²) in [6, 6.07) is 16.2. The lowest BCUT2D eigenvalue weighted by molar-refractivity contribution is 0.0526. The highest BCUT2D eigenvalue weighted by Crippen LogP contribution is 2.32. The molecule has 1 saturated heterocycles. The molecule has 2 aromatic carbocycles. The van der Waals surface area contributed by atoms with Gasteiger partial charge in [-0.05, 0) is 62.1 Å². The Kier molecular flexibility index (Phi) is 4.80. The van der Waals surface area contributed by atoms with Gasteiger partial charge in [0, 0.05) is 29.9 Å². The summed E-state index contributed by atoms with van der Waals surface area (Å²) in [6.45, 7) is 6.47. The molecule has 4 heteroatoms. The molecule has 4 rings (SSSR count). The molecule has 1 fully saturated rings. The molecule has 138 valence electrons. The van der Waals surface area contributed by atoms with Gasteiger partial charge in [0.05, 0.1) is 17.7 Å². The second-order valence-corrected chi connectivity index (χ2v) is 7.01. The van der Waals surface area contributed by atoms with Crippen molar-refractivity contribution in [3.63, 3.8) is 0 Å². The second kappa shape index (κ2) is 7.39. The van der Waals surface area contributed by atoms with Crippen LogP contribution in [0, 0.1) is 6.92 Å². The number of nitrogens with zero attached hydrogens (tertiary/aromatic N) is 2. The largest absolute Gasteiger partial charge is 0.462 e. The molecule has 0 bridgehead atoms. The number of aromatic nitrogens is 1. The van der Waals surface area contributed by atoms with Crippen molar-refractivity contribution in [2.45, 2.75) is 26.7 Å². The third-order valence-electron chi connectivity index (χ3n) is 5.07. The van der Waals surface area contributed by atoms with Crippen molar-refractivity contribution in [2.75, 3.05) is 24.6 Å². The van der Waals surface area contributed by atoms with E-state index in [1.54, 1.807) is 6.07 Å². The van der Waals surface area contributed by atoms with E-state index >= 15 is 0 Å². The van der Waals surface area contributed by atoms with Crippen molar-refractivity contribution in [3.05, 3.63) is 59.8 Å². The number of hydrogen-bond acceptors (Lipinski definition) is 4. The fraction of sp³-hybridized carbons (Fsp3) is 0.304. The van der Waals surface area contributed by atoms with Gasteiger partial charge in [0.25, 0.3) is 0 Å². The molecule has 0 saturated carbocycles. The van der Waals surface area contributed by atoms with Crippen LogP contribution in [0.5, 0.6) is 0 Å². The van der Waals surface area contributed by atoms with E-state index in [1.165, 1.54) is 23.9 Å². The van der Waals surface area contributed by atoms with Gasteiger partial charge in [0.15, 0.2) is 0 Å². The standard InChI is InChI=1S/C23H24N2O2/c1-3-27-23(26)19-8-6-7-17(14-19)18-9-10-20-21(15-18)24-16(2)13-22(20)25-11-4-5-12-25/h6-10,13-15H,3-5,11-12H2,1-2H3. The number of fused-ring (bicyclic) bond motifs is 1. The Morgan fingerprint density at radius 3 is 2.63 bits per heavy atom. The van der Waals surface area contributed by atoms with Gasteiger partial charge < -0.3 is 9.64 Å². The Hall–Kier alpha value is -2.88. The molecular weight excluding hydrogens is 336 g/mol. The first-order valence-corrected chi connectivity index (χ1v) is 9.59. The van der Waals surface area contributed by atoms with Gasteiger partial charge in [-0.15, -0.1) is 0 Å². The number of benzene rings is 2. The van der Waals surface area contributed by atoms with Crippen molar-refractivity contribution in [2.24, 2.45) is 0 Å². The maximum Gasteiger partial charge on any atom is 0.338 e. The average molecular weight is 360 g/mol. The van der Waals surface area contributed by atoms with Gasteiger partial charge in [-0.25, -0.2) is 4.79 Å². The van der Waals surface area contributed by atoms with E-state index in [1.807, 2.05) is 32.0 Å². The van der Waals surface area contributed by atoms with E-state index in [9.17, 15) is 4.79 Å². The highest BCUT2D eigenvalue weighted by molar-refractivity contribution is 5.95. The van der Waals surface area contributed by atoms with Gasteiger partial charge in [-0.3, -0.25) is 4.98 Å². The van der Waals surface area contributed by atoms with Crippen LogP contribution in [0.3, 0.4) is 0 Å². The summed E-state index contributed by atoms with van der Waals surface area (Å²) >= 11 is 0.